The minimum absolute atomic E-state index is 0.433. The summed E-state index contributed by atoms with van der Waals surface area (Å²) in [5.74, 6) is -0.0544. The molecule has 1 heterocycles. The first-order valence-electron chi connectivity index (χ1n) is 4.72. The number of imidazole rings is 1. The Balaban J connectivity index is 2.73. The van der Waals surface area contributed by atoms with Gasteiger partial charge in [0.25, 0.3) is 0 Å². The summed E-state index contributed by atoms with van der Waals surface area (Å²) in [6.07, 6.45) is 3.08. The summed E-state index contributed by atoms with van der Waals surface area (Å²) in [7, 11) is 0. The molecule has 0 spiro atoms. The molecule has 0 amide bonds. The largest absolute Gasteiger partial charge is 0.481 e. The van der Waals surface area contributed by atoms with E-state index in [2.05, 4.69) is 9.97 Å². The highest BCUT2D eigenvalue weighted by molar-refractivity contribution is 5.73. The Morgan fingerprint density at radius 1 is 1.64 bits per heavy atom. The summed E-state index contributed by atoms with van der Waals surface area (Å²) in [5, 5.41) is 8.92. The molecule has 4 heteroatoms. The smallest absolute Gasteiger partial charge is 0.309 e. The number of H-pyrrole nitrogens is 1. The molecule has 4 nitrogen and oxygen atoms in total. The van der Waals surface area contributed by atoms with Crippen molar-refractivity contribution >= 4 is 5.97 Å². The number of hydrogen-bond acceptors (Lipinski definition) is 2. The minimum atomic E-state index is -0.799. The van der Waals surface area contributed by atoms with E-state index in [4.69, 9.17) is 5.11 Å². The van der Waals surface area contributed by atoms with E-state index < -0.39 is 11.4 Å². The lowest BCUT2D eigenvalue weighted by Gasteiger charge is -2.16. The van der Waals surface area contributed by atoms with E-state index in [-0.39, 0.29) is 0 Å². The van der Waals surface area contributed by atoms with Crippen LogP contribution in [0.2, 0.25) is 0 Å². The van der Waals surface area contributed by atoms with Crippen molar-refractivity contribution in [2.24, 2.45) is 5.41 Å². The number of aliphatic carboxylic acids is 1. The molecule has 78 valence electrons. The first-order valence-corrected chi connectivity index (χ1v) is 4.72. The second-order valence-corrected chi connectivity index (χ2v) is 4.07. The lowest BCUT2D eigenvalue weighted by atomic mass is 9.89. The third-order valence-corrected chi connectivity index (χ3v) is 2.25. The second-order valence-electron chi connectivity index (χ2n) is 4.07. The Bertz CT molecular complexity index is 329. The lowest BCUT2D eigenvalue weighted by molar-refractivity contribution is -0.146. The summed E-state index contributed by atoms with van der Waals surface area (Å²) in [6.45, 7) is 5.42. The fourth-order valence-electron chi connectivity index (χ4n) is 1.17. The van der Waals surface area contributed by atoms with Crippen molar-refractivity contribution < 1.29 is 9.90 Å². The molecule has 0 saturated carbocycles. The predicted octanol–water partition coefficient (Wildman–Crippen LogP) is 1.63. The first-order chi connectivity index (χ1) is 6.45. The predicted molar refractivity (Wildman–Crippen MR) is 53.1 cm³/mol. The molecule has 1 aromatic heterocycles. The van der Waals surface area contributed by atoms with Gasteiger partial charge in [0.2, 0.25) is 0 Å². The van der Waals surface area contributed by atoms with Gasteiger partial charge in [-0.1, -0.05) is 6.92 Å². The van der Waals surface area contributed by atoms with Crippen molar-refractivity contribution in [3.8, 4) is 0 Å². The van der Waals surface area contributed by atoms with Crippen LogP contribution in [-0.2, 0) is 17.6 Å². The molecule has 2 N–H and O–H groups in total. The van der Waals surface area contributed by atoms with Crippen molar-refractivity contribution in [3.05, 3.63) is 17.7 Å². The van der Waals surface area contributed by atoms with Gasteiger partial charge in [0, 0.05) is 18.3 Å². The molecule has 0 aromatic carbocycles. The van der Waals surface area contributed by atoms with Gasteiger partial charge in [0.1, 0.15) is 5.82 Å². The maximum atomic E-state index is 10.9. The number of nitrogens with one attached hydrogen (secondary N) is 1. The lowest BCUT2D eigenvalue weighted by Crippen LogP contribution is -2.26. The van der Waals surface area contributed by atoms with Crippen molar-refractivity contribution in [2.75, 3.05) is 0 Å². The van der Waals surface area contributed by atoms with Crippen LogP contribution < -0.4 is 0 Å². The summed E-state index contributed by atoms with van der Waals surface area (Å²) >= 11 is 0. The van der Waals surface area contributed by atoms with Crippen molar-refractivity contribution in [3.63, 3.8) is 0 Å². The SMILES string of the molecule is CCc1cnc(CC(C)(C)C(=O)O)[nH]1. The molecule has 0 aliphatic carbocycles. The quantitative estimate of drug-likeness (QED) is 0.769. The van der Waals surface area contributed by atoms with E-state index in [1.807, 2.05) is 6.92 Å². The van der Waals surface area contributed by atoms with Crippen LogP contribution in [0.25, 0.3) is 0 Å². The van der Waals surface area contributed by atoms with Gasteiger partial charge in [-0.25, -0.2) is 4.98 Å². The fraction of sp³-hybridized carbons (Fsp3) is 0.600. The highest BCUT2D eigenvalue weighted by Gasteiger charge is 2.28. The fourth-order valence-corrected chi connectivity index (χ4v) is 1.17. The van der Waals surface area contributed by atoms with E-state index in [1.54, 1.807) is 20.0 Å². The first kappa shape index (κ1) is 10.8. The normalized spacial score (nSPS) is 11.6. The number of nitrogens with zero attached hydrogens (tertiary/aromatic N) is 1. The number of hydrogen-bond donors (Lipinski definition) is 2. The number of carboxylic acids is 1. The van der Waals surface area contributed by atoms with Crippen LogP contribution in [0, 0.1) is 5.41 Å². The molecule has 1 rings (SSSR count). The van der Waals surface area contributed by atoms with Gasteiger partial charge in [-0.15, -0.1) is 0 Å². The Morgan fingerprint density at radius 3 is 2.71 bits per heavy atom. The molecule has 0 unspecified atom stereocenters. The maximum absolute atomic E-state index is 10.9. The Kier molecular flexibility index (Phi) is 2.93. The van der Waals surface area contributed by atoms with Crippen LogP contribution in [0.15, 0.2) is 6.20 Å². The number of aromatic nitrogens is 2. The van der Waals surface area contributed by atoms with Crippen LogP contribution in [0.1, 0.15) is 32.3 Å². The summed E-state index contributed by atoms with van der Waals surface area (Å²) in [6, 6.07) is 0. The van der Waals surface area contributed by atoms with E-state index in [9.17, 15) is 4.79 Å². The molecule has 0 aliphatic rings. The van der Waals surface area contributed by atoms with Crippen LogP contribution in [-0.4, -0.2) is 21.0 Å². The topological polar surface area (TPSA) is 66.0 Å². The Morgan fingerprint density at radius 2 is 2.29 bits per heavy atom. The average Bonchev–Trinajstić information content (AvgIpc) is 2.51. The standard InChI is InChI=1S/C10H16N2O2/c1-4-7-6-11-8(12-7)5-10(2,3)9(13)14/h6H,4-5H2,1-3H3,(H,11,12)(H,13,14). The molecular weight excluding hydrogens is 180 g/mol. The zero-order valence-corrected chi connectivity index (χ0v) is 8.79. The summed E-state index contributed by atoms with van der Waals surface area (Å²) < 4.78 is 0. The van der Waals surface area contributed by atoms with Crippen LogP contribution in [0.4, 0.5) is 0 Å². The van der Waals surface area contributed by atoms with Gasteiger partial charge >= 0.3 is 5.97 Å². The molecule has 0 bridgehead atoms. The number of aromatic amines is 1. The van der Waals surface area contributed by atoms with Gasteiger partial charge in [0.15, 0.2) is 0 Å². The summed E-state index contributed by atoms with van der Waals surface area (Å²) in [5.41, 5.74) is 0.282. The highest BCUT2D eigenvalue weighted by atomic mass is 16.4. The molecule has 1 aromatic rings. The number of aryl methyl sites for hydroxylation is 1. The molecule has 0 radical (unpaired) electrons. The zero-order chi connectivity index (χ0) is 10.8. The molecule has 0 saturated heterocycles. The van der Waals surface area contributed by atoms with E-state index in [1.165, 1.54) is 0 Å². The van der Waals surface area contributed by atoms with Crippen LogP contribution in [0.3, 0.4) is 0 Å². The van der Waals surface area contributed by atoms with Crippen molar-refractivity contribution in [1.82, 2.24) is 9.97 Å². The van der Waals surface area contributed by atoms with Crippen molar-refractivity contribution in [1.29, 1.82) is 0 Å². The molecule has 0 atom stereocenters. The Hall–Kier alpha value is -1.32. The van der Waals surface area contributed by atoms with Gasteiger partial charge in [0.05, 0.1) is 5.41 Å². The molecule has 0 aliphatic heterocycles. The average molecular weight is 196 g/mol. The molecule has 0 fully saturated rings. The Labute approximate surface area is 83.4 Å². The second kappa shape index (κ2) is 3.82. The summed E-state index contributed by atoms with van der Waals surface area (Å²) in [4.78, 5) is 18.1. The maximum Gasteiger partial charge on any atom is 0.309 e. The van der Waals surface area contributed by atoms with Crippen LogP contribution in [0.5, 0.6) is 0 Å². The van der Waals surface area contributed by atoms with E-state index in [0.29, 0.717) is 6.42 Å². The number of carbonyl (C=O) groups is 1. The van der Waals surface area contributed by atoms with Gasteiger partial charge in [-0.2, -0.15) is 0 Å². The number of carboxylic acid groups (broad SMARTS) is 1. The minimum Gasteiger partial charge on any atom is -0.481 e. The van der Waals surface area contributed by atoms with E-state index in [0.717, 1.165) is 17.9 Å². The van der Waals surface area contributed by atoms with Gasteiger partial charge in [-0.3, -0.25) is 4.79 Å². The van der Waals surface area contributed by atoms with Gasteiger partial charge < -0.3 is 10.1 Å². The third kappa shape index (κ3) is 2.34. The molecular formula is C10H16N2O2. The van der Waals surface area contributed by atoms with Gasteiger partial charge in [-0.05, 0) is 20.3 Å². The van der Waals surface area contributed by atoms with Crippen molar-refractivity contribution in [2.45, 2.75) is 33.6 Å². The number of rotatable bonds is 4. The van der Waals surface area contributed by atoms with E-state index >= 15 is 0 Å². The zero-order valence-electron chi connectivity index (χ0n) is 8.79. The van der Waals surface area contributed by atoms with Crippen LogP contribution >= 0.6 is 0 Å². The third-order valence-electron chi connectivity index (χ3n) is 2.25. The molecule has 14 heavy (non-hydrogen) atoms. The monoisotopic (exact) mass is 196 g/mol. The highest BCUT2D eigenvalue weighted by Crippen LogP contribution is 2.20.